The van der Waals surface area contributed by atoms with Crippen LogP contribution < -0.4 is 0 Å². The van der Waals surface area contributed by atoms with E-state index in [4.69, 9.17) is 5.11 Å². The first-order valence-corrected chi connectivity index (χ1v) is 21.6. The molecule has 0 bridgehead atoms. The summed E-state index contributed by atoms with van der Waals surface area (Å²) in [6, 6.07) is 0. The molecule has 2 nitrogen and oxygen atoms in total. The number of fused-ring (bicyclic) bond motifs is 7. The highest BCUT2D eigenvalue weighted by Crippen LogP contribution is 2.77. The van der Waals surface area contributed by atoms with E-state index >= 15 is 0 Å². The van der Waals surface area contributed by atoms with Crippen molar-refractivity contribution >= 4 is 5.97 Å². The molecule has 0 spiro atoms. The van der Waals surface area contributed by atoms with Crippen molar-refractivity contribution in [2.75, 3.05) is 0 Å². The third kappa shape index (κ3) is 7.28. The Hall–Kier alpha value is -0.790. The van der Waals surface area contributed by atoms with E-state index in [1.807, 2.05) is 0 Å². The molecule has 2 heteroatoms. The quantitative estimate of drug-likeness (QED) is 0.124. The molecule has 1 N–H and O–H groups in total. The fourth-order valence-corrected chi connectivity index (χ4v) is 14.7. The Morgan fingerprint density at radius 2 is 1.21 bits per heavy atom. The van der Waals surface area contributed by atoms with Gasteiger partial charge in [0.05, 0.1) is 0 Å². The minimum absolute atomic E-state index is 0.343. The van der Waals surface area contributed by atoms with Crippen LogP contribution in [0.25, 0.3) is 0 Å². The van der Waals surface area contributed by atoms with E-state index in [9.17, 15) is 4.79 Å². The van der Waals surface area contributed by atoms with Gasteiger partial charge in [-0.25, -0.2) is 0 Å². The fraction of sp³-hybridized carbons (Fsp3) is 0.935. The Balaban J connectivity index is 1.06. The fourth-order valence-electron chi connectivity index (χ4n) is 14.7. The van der Waals surface area contributed by atoms with Gasteiger partial charge in [-0.05, 0) is 147 Å². The van der Waals surface area contributed by atoms with Gasteiger partial charge in [0.15, 0.2) is 0 Å². The highest BCUT2D eigenvalue weighted by Gasteiger charge is 2.70. The number of carboxylic acid groups (broad SMARTS) is 1. The Morgan fingerprint density at radius 1 is 0.625 bits per heavy atom. The summed E-state index contributed by atoms with van der Waals surface area (Å²) >= 11 is 0. The Labute approximate surface area is 298 Å². The van der Waals surface area contributed by atoms with Gasteiger partial charge in [-0.3, -0.25) is 4.79 Å². The smallest absolute Gasteiger partial charge is 0.303 e. The Kier molecular flexibility index (Phi) is 12.4. The third-order valence-corrected chi connectivity index (χ3v) is 17.7. The molecule has 5 rings (SSSR count). The summed E-state index contributed by atoms with van der Waals surface area (Å²) in [7, 11) is 0. The molecular formula is C46H80O2. The van der Waals surface area contributed by atoms with E-state index in [1.165, 1.54) is 147 Å². The normalized spacial score (nSPS) is 41.6. The van der Waals surface area contributed by atoms with Crippen LogP contribution in [0.15, 0.2) is 12.2 Å². The lowest BCUT2D eigenvalue weighted by Crippen LogP contribution is -2.66. The minimum Gasteiger partial charge on any atom is -0.481 e. The van der Waals surface area contributed by atoms with Gasteiger partial charge in [0.1, 0.15) is 0 Å². The molecule has 0 aliphatic heterocycles. The number of hydrogen-bond donors (Lipinski definition) is 1. The van der Waals surface area contributed by atoms with Crippen molar-refractivity contribution in [3.8, 4) is 0 Å². The van der Waals surface area contributed by atoms with E-state index in [0.717, 1.165) is 48.3 Å². The molecule has 48 heavy (non-hydrogen) atoms. The van der Waals surface area contributed by atoms with Crippen LogP contribution in [0, 0.1) is 62.6 Å². The maximum Gasteiger partial charge on any atom is 0.303 e. The highest BCUT2D eigenvalue weighted by atomic mass is 16.4. The number of unbranched alkanes of at least 4 members (excludes halogenated alkanes) is 12. The van der Waals surface area contributed by atoms with Crippen LogP contribution in [-0.2, 0) is 4.79 Å². The molecule has 5 aliphatic rings. The standard InChI is InChI=1S/C46H80O2/c1-34(2)36-27-29-43(5)32-33-45(7)37(41(36)43)24-25-39-44(6)30-26-35(42(3,4)38(44)28-31-46(39,45)8)22-20-18-16-14-12-10-9-11-13-15-17-19-21-23-40(47)48/h35-39,41H,1,9-33H2,2-8H3,(H,47,48)/t35?,36-,37+,38-,39+,41+,43+,44-,45+,46+/m0/s1. The maximum absolute atomic E-state index is 10.6. The molecule has 0 aromatic heterocycles. The number of carbonyl (C=O) groups is 1. The van der Waals surface area contributed by atoms with Crippen LogP contribution in [0.3, 0.4) is 0 Å². The molecule has 10 atom stereocenters. The van der Waals surface area contributed by atoms with Gasteiger partial charge >= 0.3 is 5.97 Å². The van der Waals surface area contributed by atoms with E-state index in [2.05, 4.69) is 55.0 Å². The van der Waals surface area contributed by atoms with Crippen molar-refractivity contribution in [1.82, 2.24) is 0 Å². The van der Waals surface area contributed by atoms with Gasteiger partial charge < -0.3 is 5.11 Å². The second-order valence-electron chi connectivity index (χ2n) is 20.4. The van der Waals surface area contributed by atoms with Crippen molar-refractivity contribution in [2.45, 2.75) is 209 Å². The van der Waals surface area contributed by atoms with E-state index < -0.39 is 5.97 Å². The average molecular weight is 665 g/mol. The summed E-state index contributed by atoms with van der Waals surface area (Å²) in [4.78, 5) is 10.6. The minimum atomic E-state index is -0.647. The summed E-state index contributed by atoms with van der Waals surface area (Å²) in [6.45, 7) is 23.5. The lowest BCUT2D eigenvalue weighted by atomic mass is 9.32. The predicted molar refractivity (Wildman–Crippen MR) is 205 cm³/mol. The summed E-state index contributed by atoms with van der Waals surface area (Å²) in [5, 5.41) is 8.74. The van der Waals surface area contributed by atoms with Crippen molar-refractivity contribution < 1.29 is 9.90 Å². The van der Waals surface area contributed by atoms with Crippen molar-refractivity contribution in [2.24, 2.45) is 62.6 Å². The van der Waals surface area contributed by atoms with Crippen LogP contribution in [-0.4, -0.2) is 11.1 Å². The molecule has 1 unspecified atom stereocenters. The average Bonchev–Trinajstić information content (AvgIpc) is 3.38. The third-order valence-electron chi connectivity index (χ3n) is 17.7. The zero-order valence-electron chi connectivity index (χ0n) is 33.2. The number of allylic oxidation sites excluding steroid dienone is 1. The largest absolute Gasteiger partial charge is 0.481 e. The molecule has 0 aromatic carbocycles. The molecule has 0 saturated heterocycles. The molecule has 5 fully saturated rings. The number of carboxylic acids is 1. The van der Waals surface area contributed by atoms with Crippen LogP contribution in [0.1, 0.15) is 209 Å². The van der Waals surface area contributed by atoms with Crippen molar-refractivity contribution in [3.63, 3.8) is 0 Å². The monoisotopic (exact) mass is 665 g/mol. The summed E-state index contributed by atoms with van der Waals surface area (Å²) in [5.74, 6) is 4.63. The van der Waals surface area contributed by atoms with E-state index in [-0.39, 0.29) is 0 Å². The first kappa shape index (κ1) is 38.4. The van der Waals surface area contributed by atoms with Crippen LogP contribution in [0.2, 0.25) is 0 Å². The molecule has 0 aromatic rings. The molecule has 0 radical (unpaired) electrons. The van der Waals surface area contributed by atoms with E-state index in [0.29, 0.717) is 33.5 Å². The number of aliphatic carboxylic acids is 1. The molecule has 0 amide bonds. The van der Waals surface area contributed by atoms with Gasteiger partial charge in [-0.1, -0.05) is 131 Å². The van der Waals surface area contributed by atoms with Gasteiger partial charge in [0.25, 0.3) is 0 Å². The summed E-state index contributed by atoms with van der Waals surface area (Å²) < 4.78 is 0. The second-order valence-corrected chi connectivity index (χ2v) is 20.4. The molecule has 5 aliphatic carbocycles. The first-order chi connectivity index (χ1) is 22.7. The SMILES string of the molecule is C=C(C)[C@@H]1CC[C@]2(C)CC[C@]3(C)[C@H](CC[C@@H]4[C@@]5(C)CCC(CCCCCCCCCCCCCCCC(=O)O)C(C)(C)[C@@H]5CC[C@]43C)[C@@H]12. The zero-order chi connectivity index (χ0) is 34.8. The van der Waals surface area contributed by atoms with Gasteiger partial charge in [0, 0.05) is 6.42 Å². The second kappa shape index (κ2) is 15.4. The van der Waals surface area contributed by atoms with Gasteiger partial charge in [0.2, 0.25) is 0 Å². The molecule has 276 valence electrons. The maximum atomic E-state index is 10.6. The molecular weight excluding hydrogens is 585 g/mol. The Bertz CT molecular complexity index is 1090. The van der Waals surface area contributed by atoms with Crippen molar-refractivity contribution in [3.05, 3.63) is 12.2 Å². The summed E-state index contributed by atoms with van der Waals surface area (Å²) in [6.07, 6.45) is 33.6. The highest BCUT2D eigenvalue weighted by molar-refractivity contribution is 5.66. The van der Waals surface area contributed by atoms with Crippen molar-refractivity contribution in [1.29, 1.82) is 0 Å². The lowest BCUT2D eigenvalue weighted by molar-refractivity contribution is -0.241. The predicted octanol–water partition coefficient (Wildman–Crippen LogP) is 14.2. The zero-order valence-corrected chi connectivity index (χ0v) is 33.2. The number of hydrogen-bond acceptors (Lipinski definition) is 1. The first-order valence-electron chi connectivity index (χ1n) is 21.6. The Morgan fingerprint density at radius 3 is 1.79 bits per heavy atom. The van der Waals surface area contributed by atoms with Crippen LogP contribution in [0.4, 0.5) is 0 Å². The van der Waals surface area contributed by atoms with E-state index in [1.54, 1.807) is 0 Å². The lowest BCUT2D eigenvalue weighted by Gasteiger charge is -2.73. The summed E-state index contributed by atoms with van der Waals surface area (Å²) in [5.41, 5.74) is 4.04. The topological polar surface area (TPSA) is 37.3 Å². The van der Waals surface area contributed by atoms with Crippen LogP contribution >= 0.6 is 0 Å². The number of rotatable bonds is 17. The van der Waals surface area contributed by atoms with Gasteiger partial charge in [-0.2, -0.15) is 0 Å². The van der Waals surface area contributed by atoms with Crippen LogP contribution in [0.5, 0.6) is 0 Å². The van der Waals surface area contributed by atoms with Gasteiger partial charge in [-0.15, -0.1) is 0 Å². The molecule has 0 heterocycles. The molecule has 5 saturated carbocycles.